The molecule has 1 unspecified atom stereocenters. The molecule has 1 atom stereocenters. The van der Waals surface area contributed by atoms with Gasteiger partial charge < -0.3 is 10.2 Å². The van der Waals surface area contributed by atoms with E-state index in [0.717, 1.165) is 37.6 Å². The van der Waals surface area contributed by atoms with Crippen molar-refractivity contribution in [3.05, 3.63) is 65.2 Å². The molecule has 1 saturated heterocycles. The Hall–Kier alpha value is -3.03. The van der Waals surface area contributed by atoms with E-state index in [4.69, 9.17) is 0 Å². The Morgan fingerprint density at radius 1 is 0.909 bits per heavy atom. The van der Waals surface area contributed by atoms with Crippen LogP contribution in [0.3, 0.4) is 0 Å². The number of anilines is 1. The number of benzene rings is 2. The second-order valence-corrected chi connectivity index (χ2v) is 9.44. The average Bonchev–Trinajstić information content (AvgIpc) is 3.05. The molecule has 0 saturated carbocycles. The summed E-state index contributed by atoms with van der Waals surface area (Å²) < 4.78 is 0. The van der Waals surface area contributed by atoms with Gasteiger partial charge in [-0.25, -0.2) is 0 Å². The van der Waals surface area contributed by atoms with Crippen molar-refractivity contribution in [1.29, 1.82) is 0 Å². The number of carbonyl (C=O) groups excluding carboxylic acids is 3. The van der Waals surface area contributed by atoms with Crippen LogP contribution in [0.5, 0.6) is 0 Å². The standard InChI is InChI=1S/C26H32N4O3/c1-18(2)16-23(30-25(32)21-6-4-5-7-22(21)26(30)33)24(31)27-20-10-8-19(9-11-20)17-29-14-12-28(3)13-15-29/h4-11,18,23H,12-17H2,1-3H3,(H,27,31). The Balaban J connectivity index is 1.45. The van der Waals surface area contributed by atoms with E-state index in [2.05, 4.69) is 22.2 Å². The van der Waals surface area contributed by atoms with Gasteiger partial charge in [-0.2, -0.15) is 0 Å². The predicted molar refractivity (Wildman–Crippen MR) is 128 cm³/mol. The van der Waals surface area contributed by atoms with E-state index in [1.54, 1.807) is 24.3 Å². The number of amides is 3. The maximum Gasteiger partial charge on any atom is 0.262 e. The molecule has 0 aliphatic carbocycles. The molecule has 7 heteroatoms. The van der Waals surface area contributed by atoms with Gasteiger partial charge >= 0.3 is 0 Å². The fraction of sp³-hybridized carbons (Fsp3) is 0.423. The summed E-state index contributed by atoms with van der Waals surface area (Å²) in [4.78, 5) is 45.0. The lowest BCUT2D eigenvalue weighted by atomic mass is 10.0. The lowest BCUT2D eigenvalue weighted by molar-refractivity contribution is -0.120. The first-order chi connectivity index (χ1) is 15.8. The number of nitrogens with one attached hydrogen (secondary N) is 1. The van der Waals surface area contributed by atoms with Crippen LogP contribution < -0.4 is 5.32 Å². The Morgan fingerprint density at radius 2 is 1.48 bits per heavy atom. The average molecular weight is 449 g/mol. The van der Waals surface area contributed by atoms with Gasteiger partial charge in [0.25, 0.3) is 11.8 Å². The van der Waals surface area contributed by atoms with E-state index in [9.17, 15) is 14.4 Å². The summed E-state index contributed by atoms with van der Waals surface area (Å²) in [6.45, 7) is 9.08. The lowest BCUT2D eigenvalue weighted by Crippen LogP contribution is -2.47. The van der Waals surface area contributed by atoms with Crippen LogP contribution in [-0.2, 0) is 11.3 Å². The molecule has 0 aromatic heterocycles. The minimum absolute atomic E-state index is 0.135. The van der Waals surface area contributed by atoms with Crippen molar-refractivity contribution in [3.63, 3.8) is 0 Å². The molecular formula is C26H32N4O3. The molecule has 2 aromatic rings. The van der Waals surface area contributed by atoms with Crippen molar-refractivity contribution >= 4 is 23.4 Å². The maximum absolute atomic E-state index is 13.2. The highest BCUT2D eigenvalue weighted by Gasteiger charge is 2.42. The fourth-order valence-corrected chi connectivity index (χ4v) is 4.45. The van der Waals surface area contributed by atoms with Crippen molar-refractivity contribution in [1.82, 2.24) is 14.7 Å². The highest BCUT2D eigenvalue weighted by atomic mass is 16.2. The normalized spacial score (nSPS) is 18.0. The zero-order chi connectivity index (χ0) is 23.5. The minimum Gasteiger partial charge on any atom is -0.324 e. The third-order valence-electron chi connectivity index (χ3n) is 6.36. The summed E-state index contributed by atoms with van der Waals surface area (Å²) in [5, 5.41) is 2.92. The molecule has 1 fully saturated rings. The smallest absolute Gasteiger partial charge is 0.262 e. The van der Waals surface area contributed by atoms with Crippen molar-refractivity contribution < 1.29 is 14.4 Å². The number of hydrogen-bond donors (Lipinski definition) is 1. The summed E-state index contributed by atoms with van der Waals surface area (Å²) in [6.07, 6.45) is 0.402. The van der Waals surface area contributed by atoms with Crippen molar-refractivity contribution in [2.24, 2.45) is 5.92 Å². The molecule has 4 rings (SSSR count). The first-order valence-electron chi connectivity index (χ1n) is 11.6. The molecule has 2 aliphatic heterocycles. The second-order valence-electron chi connectivity index (χ2n) is 9.44. The summed E-state index contributed by atoms with van der Waals surface area (Å²) in [5.41, 5.74) is 2.57. The van der Waals surface area contributed by atoms with Gasteiger partial charge in [0.05, 0.1) is 11.1 Å². The van der Waals surface area contributed by atoms with E-state index in [0.29, 0.717) is 23.2 Å². The third-order valence-corrected chi connectivity index (χ3v) is 6.36. The van der Waals surface area contributed by atoms with Crippen LogP contribution in [0.1, 0.15) is 46.5 Å². The van der Waals surface area contributed by atoms with Gasteiger partial charge in [-0.15, -0.1) is 0 Å². The van der Waals surface area contributed by atoms with E-state index < -0.39 is 17.9 Å². The van der Waals surface area contributed by atoms with E-state index >= 15 is 0 Å². The first-order valence-corrected chi connectivity index (χ1v) is 11.6. The monoisotopic (exact) mass is 448 g/mol. The van der Waals surface area contributed by atoms with E-state index in [1.807, 2.05) is 38.1 Å². The van der Waals surface area contributed by atoms with Gasteiger partial charge in [0.1, 0.15) is 6.04 Å². The number of rotatable bonds is 7. The molecule has 7 nitrogen and oxygen atoms in total. The van der Waals surface area contributed by atoms with Gasteiger partial charge in [0, 0.05) is 38.4 Å². The molecule has 174 valence electrons. The molecule has 3 amide bonds. The molecule has 2 aromatic carbocycles. The molecule has 2 heterocycles. The van der Waals surface area contributed by atoms with Gasteiger partial charge in [0.2, 0.25) is 5.91 Å². The summed E-state index contributed by atoms with van der Waals surface area (Å²) in [6, 6.07) is 13.7. The van der Waals surface area contributed by atoms with Crippen LogP contribution in [-0.4, -0.2) is 71.7 Å². The highest BCUT2D eigenvalue weighted by molar-refractivity contribution is 6.23. The highest BCUT2D eigenvalue weighted by Crippen LogP contribution is 2.27. The van der Waals surface area contributed by atoms with Crippen LogP contribution in [0, 0.1) is 5.92 Å². The van der Waals surface area contributed by atoms with Crippen molar-refractivity contribution in [3.8, 4) is 0 Å². The summed E-state index contributed by atoms with van der Waals surface area (Å²) in [5.74, 6) is -1.01. The van der Waals surface area contributed by atoms with Gasteiger partial charge in [-0.1, -0.05) is 38.1 Å². The van der Waals surface area contributed by atoms with E-state index in [1.165, 1.54) is 5.56 Å². The second kappa shape index (κ2) is 9.85. The van der Waals surface area contributed by atoms with Crippen LogP contribution in [0.4, 0.5) is 5.69 Å². The van der Waals surface area contributed by atoms with Gasteiger partial charge in [-0.3, -0.25) is 24.2 Å². The zero-order valence-corrected chi connectivity index (χ0v) is 19.6. The number of nitrogens with zero attached hydrogens (tertiary/aromatic N) is 3. The van der Waals surface area contributed by atoms with Crippen LogP contribution in [0.2, 0.25) is 0 Å². The van der Waals surface area contributed by atoms with Crippen molar-refractivity contribution in [2.75, 3.05) is 38.5 Å². The minimum atomic E-state index is -0.859. The first kappa shape index (κ1) is 23.1. The zero-order valence-electron chi connectivity index (χ0n) is 19.6. The molecule has 0 spiro atoms. The lowest BCUT2D eigenvalue weighted by Gasteiger charge is -2.32. The topological polar surface area (TPSA) is 73.0 Å². The number of piperazine rings is 1. The number of fused-ring (bicyclic) bond motifs is 1. The number of hydrogen-bond acceptors (Lipinski definition) is 5. The molecule has 0 radical (unpaired) electrons. The Morgan fingerprint density at radius 3 is 2.03 bits per heavy atom. The van der Waals surface area contributed by atoms with E-state index in [-0.39, 0.29) is 11.8 Å². The van der Waals surface area contributed by atoms with Crippen LogP contribution in [0.15, 0.2) is 48.5 Å². The Labute approximate surface area is 195 Å². The molecule has 0 bridgehead atoms. The molecule has 33 heavy (non-hydrogen) atoms. The van der Waals surface area contributed by atoms with Crippen LogP contribution in [0.25, 0.3) is 0 Å². The summed E-state index contributed by atoms with van der Waals surface area (Å²) >= 11 is 0. The van der Waals surface area contributed by atoms with Gasteiger partial charge in [-0.05, 0) is 49.2 Å². The summed E-state index contributed by atoms with van der Waals surface area (Å²) in [7, 11) is 2.14. The Kier molecular flexibility index (Phi) is 6.91. The molecule has 1 N–H and O–H groups in total. The Bertz CT molecular complexity index is 991. The molecular weight excluding hydrogens is 416 g/mol. The maximum atomic E-state index is 13.2. The molecule has 2 aliphatic rings. The largest absolute Gasteiger partial charge is 0.324 e. The SMILES string of the molecule is CC(C)CC(C(=O)Nc1ccc(CN2CCN(C)CC2)cc1)N1C(=O)c2ccccc2C1=O. The fourth-order valence-electron chi connectivity index (χ4n) is 4.45. The number of imide groups is 1. The number of likely N-dealkylation sites (N-methyl/N-ethyl adjacent to an activating group) is 1. The third kappa shape index (κ3) is 5.15. The van der Waals surface area contributed by atoms with Crippen molar-refractivity contribution in [2.45, 2.75) is 32.9 Å². The van der Waals surface area contributed by atoms with Gasteiger partial charge in [0.15, 0.2) is 0 Å². The number of carbonyl (C=O) groups is 3. The van der Waals surface area contributed by atoms with Crippen LogP contribution >= 0.6 is 0 Å². The predicted octanol–water partition coefficient (Wildman–Crippen LogP) is 3.08. The quantitative estimate of drug-likeness (QED) is 0.659.